The molecule has 1 atom stereocenters. The molecule has 3 heterocycles. The van der Waals surface area contributed by atoms with E-state index in [1.165, 1.54) is 25.0 Å². The number of imidazole rings is 1. The fourth-order valence-electron chi connectivity index (χ4n) is 6.47. The molecule has 0 amide bonds. The highest BCUT2D eigenvalue weighted by atomic mass is 19.4. The molecule has 5 nitrogen and oxygen atoms in total. The molecule has 1 saturated carbocycles. The number of halogens is 4. The lowest BCUT2D eigenvalue weighted by atomic mass is 9.92. The predicted octanol–water partition coefficient (Wildman–Crippen LogP) is 7.62. The molecule has 41 heavy (non-hydrogen) atoms. The third kappa shape index (κ3) is 4.90. The Morgan fingerprint density at radius 3 is 2.41 bits per heavy atom. The summed E-state index contributed by atoms with van der Waals surface area (Å²) in [4.78, 5) is 6.52. The van der Waals surface area contributed by atoms with Crippen LogP contribution in [0.3, 0.4) is 0 Å². The first kappa shape index (κ1) is 26.2. The van der Waals surface area contributed by atoms with E-state index in [-0.39, 0.29) is 17.3 Å². The number of nitrogens with zero attached hydrogens (tertiary/aromatic N) is 5. The third-order valence-corrected chi connectivity index (χ3v) is 8.68. The van der Waals surface area contributed by atoms with Gasteiger partial charge in [-0.3, -0.25) is 9.58 Å². The lowest BCUT2D eigenvalue weighted by Crippen LogP contribution is -2.43. The van der Waals surface area contributed by atoms with Crippen LogP contribution in [0.15, 0.2) is 66.7 Å². The number of fused-ring (bicyclic) bond motifs is 2. The monoisotopic (exact) mass is 561 g/mol. The molecule has 9 heteroatoms. The summed E-state index contributed by atoms with van der Waals surface area (Å²) in [6.07, 6.45) is -0.745. The Bertz CT molecular complexity index is 1720. The molecule has 0 radical (unpaired) electrons. The molecule has 1 saturated heterocycles. The maximum atomic E-state index is 14.7. The minimum absolute atomic E-state index is 0.125. The van der Waals surface area contributed by atoms with Crippen molar-refractivity contribution in [3.63, 3.8) is 0 Å². The summed E-state index contributed by atoms with van der Waals surface area (Å²) in [5, 5.41) is 5.21. The van der Waals surface area contributed by atoms with E-state index in [9.17, 15) is 17.6 Å². The summed E-state index contributed by atoms with van der Waals surface area (Å²) in [5.74, 6) is 1.42. The van der Waals surface area contributed by atoms with Gasteiger partial charge in [0.05, 0.1) is 16.6 Å². The molecule has 3 aromatic carbocycles. The van der Waals surface area contributed by atoms with Crippen molar-refractivity contribution in [3.05, 3.63) is 83.9 Å². The molecule has 0 spiro atoms. The van der Waals surface area contributed by atoms with Gasteiger partial charge in [-0.15, -0.1) is 0 Å². The second-order valence-electron chi connectivity index (χ2n) is 11.5. The van der Waals surface area contributed by atoms with Crippen LogP contribution in [0, 0.1) is 11.7 Å². The molecule has 1 aliphatic carbocycles. The van der Waals surface area contributed by atoms with Gasteiger partial charge in [-0.2, -0.15) is 18.3 Å². The quantitative estimate of drug-likeness (QED) is 0.200. The molecular formula is C32H31F4N5. The Morgan fingerprint density at radius 2 is 1.68 bits per heavy atom. The maximum Gasteiger partial charge on any atom is 0.408 e. The number of alkyl halides is 3. The van der Waals surface area contributed by atoms with Crippen LogP contribution in [0.4, 0.5) is 17.6 Å². The summed E-state index contributed by atoms with van der Waals surface area (Å²) in [7, 11) is 1.71. The van der Waals surface area contributed by atoms with Gasteiger partial charge in [0, 0.05) is 30.5 Å². The Balaban J connectivity index is 1.17. The maximum absolute atomic E-state index is 14.7. The van der Waals surface area contributed by atoms with E-state index in [0.29, 0.717) is 54.0 Å². The molecular weight excluding hydrogens is 530 g/mol. The summed E-state index contributed by atoms with van der Waals surface area (Å²) in [6, 6.07) is 17.3. The van der Waals surface area contributed by atoms with E-state index < -0.39 is 12.2 Å². The summed E-state index contributed by atoms with van der Waals surface area (Å²) in [6.45, 7) is 1.60. The summed E-state index contributed by atoms with van der Waals surface area (Å²) in [5.41, 5.74) is 3.99. The zero-order valence-corrected chi connectivity index (χ0v) is 22.8. The van der Waals surface area contributed by atoms with Crippen LogP contribution in [0.1, 0.15) is 49.0 Å². The van der Waals surface area contributed by atoms with Crippen LogP contribution in [-0.2, 0) is 13.6 Å². The highest BCUT2D eigenvalue weighted by molar-refractivity contribution is 5.93. The van der Waals surface area contributed by atoms with Crippen LogP contribution in [-0.4, -0.2) is 43.5 Å². The molecule has 5 aromatic rings. The van der Waals surface area contributed by atoms with Gasteiger partial charge in [0.25, 0.3) is 0 Å². The number of hydrogen-bond donors (Lipinski definition) is 0. The minimum atomic E-state index is -4.44. The largest absolute Gasteiger partial charge is 0.408 e. The highest BCUT2D eigenvalue weighted by Gasteiger charge is 2.46. The van der Waals surface area contributed by atoms with Gasteiger partial charge in [0.2, 0.25) is 0 Å². The van der Waals surface area contributed by atoms with Crippen LogP contribution >= 0.6 is 0 Å². The first-order valence-corrected chi connectivity index (χ1v) is 14.2. The van der Waals surface area contributed by atoms with Gasteiger partial charge in [-0.05, 0) is 80.6 Å². The fourth-order valence-corrected chi connectivity index (χ4v) is 6.47. The number of benzene rings is 3. The van der Waals surface area contributed by atoms with Crippen molar-refractivity contribution in [2.45, 2.75) is 50.4 Å². The van der Waals surface area contributed by atoms with Crippen LogP contribution in [0.25, 0.3) is 33.2 Å². The van der Waals surface area contributed by atoms with Gasteiger partial charge < -0.3 is 4.57 Å². The number of piperidine rings is 1. The van der Waals surface area contributed by atoms with E-state index in [1.807, 2.05) is 18.2 Å². The number of hydrogen-bond acceptors (Lipinski definition) is 3. The Hall–Kier alpha value is -3.72. The van der Waals surface area contributed by atoms with E-state index in [2.05, 4.69) is 15.7 Å². The topological polar surface area (TPSA) is 38.9 Å². The van der Waals surface area contributed by atoms with Crippen molar-refractivity contribution in [1.29, 1.82) is 0 Å². The first-order valence-electron chi connectivity index (χ1n) is 14.2. The molecule has 7 rings (SSSR count). The second kappa shape index (κ2) is 9.98. The van der Waals surface area contributed by atoms with Crippen molar-refractivity contribution < 1.29 is 17.6 Å². The Kier molecular flexibility index (Phi) is 6.37. The van der Waals surface area contributed by atoms with Crippen molar-refractivity contribution in [1.82, 2.24) is 24.2 Å². The van der Waals surface area contributed by atoms with Crippen molar-refractivity contribution in [2.24, 2.45) is 13.0 Å². The van der Waals surface area contributed by atoms with Crippen molar-refractivity contribution in [3.8, 4) is 11.3 Å². The zero-order valence-electron chi connectivity index (χ0n) is 22.8. The molecule has 0 N–H and O–H groups in total. The van der Waals surface area contributed by atoms with E-state index in [4.69, 9.17) is 4.98 Å². The van der Waals surface area contributed by atoms with Crippen molar-refractivity contribution in [2.75, 3.05) is 13.1 Å². The predicted molar refractivity (Wildman–Crippen MR) is 151 cm³/mol. The summed E-state index contributed by atoms with van der Waals surface area (Å²) < 4.78 is 61.7. The van der Waals surface area contributed by atoms with Gasteiger partial charge in [-0.25, -0.2) is 9.37 Å². The molecule has 2 aromatic heterocycles. The Morgan fingerprint density at radius 1 is 0.902 bits per heavy atom. The van der Waals surface area contributed by atoms with Crippen molar-refractivity contribution >= 4 is 21.9 Å². The minimum Gasteiger partial charge on any atom is -0.327 e. The molecule has 1 aliphatic heterocycles. The standard InChI is InChI=1S/C32H31F4N5/c1-39-28-18-23(11-12-25(28)29(38-39)22-5-4-6-24(33)17-22)30(32(34,35)36)40-15-13-21(14-16-40)31-37-26-7-2-3-8-27(26)41(31)19-20-9-10-20/h2-8,11-12,17-18,20-21,30H,9-10,13-16,19H2,1H3. The number of para-hydroxylation sites is 2. The smallest absolute Gasteiger partial charge is 0.327 e. The average Bonchev–Trinajstić information content (AvgIpc) is 3.62. The fraction of sp³-hybridized carbons (Fsp3) is 0.375. The lowest BCUT2D eigenvalue weighted by Gasteiger charge is -2.38. The van der Waals surface area contributed by atoms with Gasteiger partial charge in [0.1, 0.15) is 23.4 Å². The molecule has 1 unspecified atom stereocenters. The SMILES string of the molecule is Cn1nc(-c2cccc(F)c2)c2ccc(C(N3CCC(c4nc5ccccc5n4CC4CC4)CC3)C(F)(F)F)cc21. The normalized spacial score (nSPS) is 18.0. The molecule has 212 valence electrons. The first-order chi connectivity index (χ1) is 19.8. The van der Waals surface area contributed by atoms with Crippen LogP contribution in [0.5, 0.6) is 0 Å². The van der Waals surface area contributed by atoms with E-state index >= 15 is 0 Å². The average molecular weight is 562 g/mol. The van der Waals surface area contributed by atoms with Gasteiger partial charge in [-0.1, -0.05) is 36.4 Å². The second-order valence-corrected chi connectivity index (χ2v) is 11.5. The number of aryl methyl sites for hydroxylation is 1. The Labute approximate surface area is 235 Å². The molecule has 0 bridgehead atoms. The molecule has 2 fully saturated rings. The van der Waals surface area contributed by atoms with E-state index in [1.54, 1.807) is 47.0 Å². The molecule has 2 aliphatic rings. The van der Waals surface area contributed by atoms with Crippen LogP contribution in [0.2, 0.25) is 0 Å². The van der Waals surface area contributed by atoms with E-state index in [0.717, 1.165) is 23.4 Å². The number of rotatable bonds is 6. The highest BCUT2D eigenvalue weighted by Crippen LogP contribution is 2.43. The van der Waals surface area contributed by atoms with Crippen LogP contribution < -0.4 is 0 Å². The number of likely N-dealkylation sites (tertiary alicyclic amines) is 1. The number of aromatic nitrogens is 4. The van der Waals surface area contributed by atoms with Gasteiger partial charge >= 0.3 is 6.18 Å². The summed E-state index contributed by atoms with van der Waals surface area (Å²) >= 11 is 0. The zero-order chi connectivity index (χ0) is 28.3. The lowest BCUT2D eigenvalue weighted by molar-refractivity contribution is -0.189. The van der Waals surface area contributed by atoms with Gasteiger partial charge in [0.15, 0.2) is 0 Å². The third-order valence-electron chi connectivity index (χ3n) is 8.68.